The van der Waals surface area contributed by atoms with Gasteiger partial charge in [-0.1, -0.05) is 13.8 Å². The number of aryl methyl sites for hydroxylation is 1. The summed E-state index contributed by atoms with van der Waals surface area (Å²) in [6.45, 7) is 7.69. The van der Waals surface area contributed by atoms with Crippen LogP contribution in [0.5, 0.6) is 0 Å². The van der Waals surface area contributed by atoms with E-state index >= 15 is 0 Å². The van der Waals surface area contributed by atoms with E-state index in [9.17, 15) is 27.9 Å². The van der Waals surface area contributed by atoms with Gasteiger partial charge in [0.15, 0.2) is 0 Å². The van der Waals surface area contributed by atoms with Gasteiger partial charge < -0.3 is 20.2 Å². The number of aliphatic hydroxyl groups excluding tert-OH is 1. The van der Waals surface area contributed by atoms with E-state index in [1.807, 2.05) is 13.8 Å². The van der Waals surface area contributed by atoms with Crippen LogP contribution in [-0.2, 0) is 17.5 Å². The van der Waals surface area contributed by atoms with E-state index in [2.05, 4.69) is 15.3 Å². The molecule has 0 aromatic carbocycles. The summed E-state index contributed by atoms with van der Waals surface area (Å²) in [6.07, 6.45) is -3.23. The highest BCUT2D eigenvalue weighted by molar-refractivity contribution is 7.19. The average Bonchev–Trinajstić information content (AvgIpc) is 3.45. The molecule has 3 aromatic heterocycles. The Morgan fingerprint density at radius 3 is 2.76 bits per heavy atom. The molecule has 0 radical (unpaired) electrons. The molecular formula is C29H30F3N5O3S. The zero-order valence-electron chi connectivity index (χ0n) is 22.8. The van der Waals surface area contributed by atoms with Crippen molar-refractivity contribution in [3.8, 4) is 11.3 Å². The van der Waals surface area contributed by atoms with Crippen LogP contribution in [0.1, 0.15) is 46.8 Å². The molecule has 5 unspecified atom stereocenters. The van der Waals surface area contributed by atoms with Gasteiger partial charge >= 0.3 is 6.18 Å². The molecule has 3 aromatic rings. The number of alkyl halides is 3. The van der Waals surface area contributed by atoms with Gasteiger partial charge in [-0.3, -0.25) is 14.6 Å². The molecule has 4 fully saturated rings. The molecule has 5 atom stereocenters. The maximum absolute atomic E-state index is 14.0. The number of nitrogens with zero attached hydrogens (tertiary/aromatic N) is 4. The molecule has 216 valence electrons. The zero-order chi connectivity index (χ0) is 29.0. The summed E-state index contributed by atoms with van der Waals surface area (Å²) in [7, 11) is 0. The molecule has 41 heavy (non-hydrogen) atoms. The number of carbonyl (C=O) groups is 2. The van der Waals surface area contributed by atoms with Crippen molar-refractivity contribution in [1.29, 1.82) is 0 Å². The van der Waals surface area contributed by atoms with E-state index in [1.54, 1.807) is 17.0 Å². The number of piperidine rings is 1. The second kappa shape index (κ2) is 8.95. The van der Waals surface area contributed by atoms with Crippen LogP contribution < -0.4 is 5.32 Å². The van der Waals surface area contributed by atoms with Gasteiger partial charge in [0.05, 0.1) is 33.9 Å². The minimum Gasteiger partial charge on any atom is -0.373 e. The molecule has 3 saturated heterocycles. The molecule has 12 heteroatoms. The number of nitrogens with one attached hydrogen (secondary N) is 1. The Bertz CT molecular complexity index is 1600. The molecule has 6 heterocycles. The summed E-state index contributed by atoms with van der Waals surface area (Å²) in [5.74, 6) is -0.385. The number of hydrogen-bond donors (Lipinski definition) is 2. The van der Waals surface area contributed by atoms with E-state index in [-0.39, 0.29) is 58.5 Å². The first-order valence-electron chi connectivity index (χ1n) is 13.8. The summed E-state index contributed by atoms with van der Waals surface area (Å²) in [4.78, 5) is 39.4. The minimum absolute atomic E-state index is 0.00320. The minimum atomic E-state index is -4.69. The molecule has 7 rings (SSSR count). The highest BCUT2D eigenvalue weighted by Crippen LogP contribution is 2.65. The summed E-state index contributed by atoms with van der Waals surface area (Å²) in [5.41, 5.74) is 0.0148. The van der Waals surface area contributed by atoms with Crippen LogP contribution in [0.3, 0.4) is 0 Å². The Kier molecular flexibility index (Phi) is 5.85. The van der Waals surface area contributed by atoms with Crippen LogP contribution in [0, 0.1) is 30.1 Å². The molecule has 1 saturated carbocycles. The third-order valence-electron chi connectivity index (χ3n) is 9.57. The number of aromatic nitrogens is 2. The first kappa shape index (κ1) is 26.8. The maximum atomic E-state index is 14.0. The van der Waals surface area contributed by atoms with Gasteiger partial charge in [0, 0.05) is 48.2 Å². The quantitative estimate of drug-likeness (QED) is 0.480. The predicted octanol–water partition coefficient (Wildman–Crippen LogP) is 4.05. The zero-order valence-corrected chi connectivity index (χ0v) is 23.6. The highest BCUT2D eigenvalue weighted by Gasteiger charge is 2.71. The summed E-state index contributed by atoms with van der Waals surface area (Å²) in [5, 5.41) is 14.1. The molecule has 3 aliphatic heterocycles. The van der Waals surface area contributed by atoms with E-state index < -0.39 is 18.1 Å². The second-order valence-corrected chi connectivity index (χ2v) is 13.4. The average molecular weight is 586 g/mol. The lowest BCUT2D eigenvalue weighted by atomic mass is 9.98. The molecule has 2 N–H and O–H groups in total. The smallest absolute Gasteiger partial charge is 0.373 e. The number of carbonyl (C=O) groups excluding carboxylic acids is 2. The van der Waals surface area contributed by atoms with Gasteiger partial charge in [-0.2, -0.15) is 13.2 Å². The molecule has 0 spiro atoms. The number of fused-ring (bicyclic) bond motifs is 3. The standard InChI is InChI=1S/C29H30F3N5O3S/c1-13-8-19(29(30,31)32)35-23(20(13)25(38)36-7-5-14-10-33-11-18(14)36)16-4-6-34-17-9-15(41-24(16)17)12-37-26(39)21-22(27(37)40)28(21,2)3/h4,6,8-9,14,18,21-22,26,33,39H,5,7,10-12H2,1-3H3. The lowest BCUT2D eigenvalue weighted by Gasteiger charge is -2.26. The number of aliphatic hydroxyl groups is 1. The Hall–Kier alpha value is -3.09. The van der Waals surface area contributed by atoms with Gasteiger partial charge in [-0.25, -0.2) is 4.98 Å². The van der Waals surface area contributed by atoms with E-state index in [0.29, 0.717) is 34.8 Å². The first-order chi connectivity index (χ1) is 19.4. The van der Waals surface area contributed by atoms with Crippen molar-refractivity contribution < 1.29 is 27.9 Å². The maximum Gasteiger partial charge on any atom is 0.433 e. The monoisotopic (exact) mass is 585 g/mol. The van der Waals surface area contributed by atoms with Crippen molar-refractivity contribution in [3.05, 3.63) is 46.1 Å². The van der Waals surface area contributed by atoms with Crippen LogP contribution in [0.2, 0.25) is 0 Å². The summed E-state index contributed by atoms with van der Waals surface area (Å²) >= 11 is 1.29. The fraction of sp³-hybridized carbons (Fsp3) is 0.517. The Balaban J connectivity index is 1.30. The second-order valence-electron chi connectivity index (χ2n) is 12.3. The number of thiophene rings is 1. The van der Waals surface area contributed by atoms with Gasteiger partial charge in [0.1, 0.15) is 11.9 Å². The van der Waals surface area contributed by atoms with Gasteiger partial charge in [-0.15, -0.1) is 11.3 Å². The van der Waals surface area contributed by atoms with Crippen LogP contribution in [0.4, 0.5) is 13.2 Å². The van der Waals surface area contributed by atoms with Crippen molar-refractivity contribution in [1.82, 2.24) is 25.1 Å². The van der Waals surface area contributed by atoms with Crippen molar-refractivity contribution >= 4 is 33.4 Å². The van der Waals surface area contributed by atoms with Crippen LogP contribution in [0.15, 0.2) is 24.4 Å². The lowest BCUT2D eigenvalue weighted by Crippen LogP contribution is -2.39. The Morgan fingerprint density at radius 1 is 1.27 bits per heavy atom. The number of rotatable bonds is 4. The third-order valence-corrected chi connectivity index (χ3v) is 10.7. The normalized spacial score (nSPS) is 28.5. The van der Waals surface area contributed by atoms with Crippen LogP contribution in [-0.4, -0.2) is 68.6 Å². The predicted molar refractivity (Wildman–Crippen MR) is 146 cm³/mol. The van der Waals surface area contributed by atoms with Crippen molar-refractivity contribution in [3.63, 3.8) is 0 Å². The Morgan fingerprint density at radius 2 is 2.05 bits per heavy atom. The number of likely N-dealkylation sites (tertiary alicyclic amines) is 2. The molecule has 8 nitrogen and oxygen atoms in total. The summed E-state index contributed by atoms with van der Waals surface area (Å²) < 4.78 is 42.4. The van der Waals surface area contributed by atoms with Crippen molar-refractivity contribution in [2.45, 2.75) is 52.2 Å². The van der Waals surface area contributed by atoms with Crippen LogP contribution >= 0.6 is 11.3 Å². The van der Waals surface area contributed by atoms with E-state index in [1.165, 1.54) is 29.4 Å². The molecule has 2 amide bonds. The van der Waals surface area contributed by atoms with Gasteiger partial charge in [-0.05, 0) is 48.4 Å². The van der Waals surface area contributed by atoms with Crippen LogP contribution in [0.25, 0.3) is 21.5 Å². The fourth-order valence-corrected chi connectivity index (χ4v) is 8.45. The van der Waals surface area contributed by atoms with Crippen molar-refractivity contribution in [2.24, 2.45) is 23.2 Å². The lowest BCUT2D eigenvalue weighted by molar-refractivity contribution is -0.141. The van der Waals surface area contributed by atoms with Crippen molar-refractivity contribution in [2.75, 3.05) is 19.6 Å². The molecule has 4 aliphatic rings. The number of pyridine rings is 2. The van der Waals surface area contributed by atoms with E-state index in [0.717, 1.165) is 23.9 Å². The fourth-order valence-electron chi connectivity index (χ4n) is 7.33. The SMILES string of the molecule is Cc1cc(C(F)(F)F)nc(-c2ccnc3cc(CN4C(=O)C5C(C4O)C5(C)C)sc23)c1C(=O)N1CCC2CNCC21. The number of halogens is 3. The topological polar surface area (TPSA) is 98.7 Å². The third kappa shape index (κ3) is 4.01. The highest BCUT2D eigenvalue weighted by atomic mass is 32.1. The van der Waals surface area contributed by atoms with E-state index in [4.69, 9.17) is 0 Å². The molecule has 0 bridgehead atoms. The number of amides is 2. The number of hydrogen-bond acceptors (Lipinski definition) is 7. The molecule has 1 aliphatic carbocycles. The first-order valence-corrected chi connectivity index (χ1v) is 14.7. The van der Waals surface area contributed by atoms with Gasteiger partial charge in [0.2, 0.25) is 5.91 Å². The largest absolute Gasteiger partial charge is 0.433 e. The van der Waals surface area contributed by atoms with Gasteiger partial charge in [0.25, 0.3) is 5.91 Å². The summed E-state index contributed by atoms with van der Waals surface area (Å²) in [6, 6.07) is 4.33. The molecular weight excluding hydrogens is 555 g/mol. The Labute approximate surface area is 238 Å².